The lowest BCUT2D eigenvalue weighted by atomic mass is 10.1. The molecule has 3 nitrogen and oxygen atoms in total. The Hall–Kier alpha value is -2.29. The monoisotopic (exact) mass is 242 g/mol. The van der Waals surface area contributed by atoms with Crippen LogP contribution in [0.25, 0.3) is 10.8 Å². The fourth-order valence-electron chi connectivity index (χ4n) is 1.81. The summed E-state index contributed by atoms with van der Waals surface area (Å²) in [6.45, 7) is 4.04. The minimum atomic E-state index is -0.977. The second-order valence-corrected chi connectivity index (χ2v) is 3.89. The molecule has 92 valence electrons. The largest absolute Gasteiger partial charge is 0.492 e. The van der Waals surface area contributed by atoms with Crippen molar-refractivity contribution >= 4 is 16.7 Å². The molecule has 0 bridgehead atoms. The van der Waals surface area contributed by atoms with E-state index in [-0.39, 0.29) is 5.56 Å². The molecule has 0 aliphatic rings. The number of ether oxygens (including phenoxy) is 1. The van der Waals surface area contributed by atoms with Crippen molar-refractivity contribution in [1.29, 1.82) is 0 Å². The van der Waals surface area contributed by atoms with Gasteiger partial charge >= 0.3 is 5.97 Å². The molecule has 3 heteroatoms. The molecule has 0 amide bonds. The Kier molecular flexibility index (Phi) is 3.63. The van der Waals surface area contributed by atoms with Gasteiger partial charge in [-0.15, -0.1) is 6.58 Å². The number of aromatic carboxylic acids is 1. The molecule has 0 spiro atoms. The van der Waals surface area contributed by atoms with Crippen LogP contribution in [-0.2, 0) is 0 Å². The number of fused-ring (bicyclic) bond motifs is 1. The van der Waals surface area contributed by atoms with E-state index in [0.29, 0.717) is 18.8 Å². The van der Waals surface area contributed by atoms with Crippen molar-refractivity contribution in [2.24, 2.45) is 0 Å². The zero-order valence-corrected chi connectivity index (χ0v) is 9.93. The molecule has 0 unspecified atom stereocenters. The minimum Gasteiger partial charge on any atom is -0.492 e. The van der Waals surface area contributed by atoms with Gasteiger partial charge in [-0.2, -0.15) is 0 Å². The Morgan fingerprint density at radius 1 is 1.28 bits per heavy atom. The Balaban J connectivity index is 2.51. The molecule has 0 radical (unpaired) electrons. The predicted octanol–water partition coefficient (Wildman–Crippen LogP) is 3.49. The zero-order valence-electron chi connectivity index (χ0n) is 9.93. The maximum absolute atomic E-state index is 11.2. The highest BCUT2D eigenvalue weighted by molar-refractivity contribution is 6.00. The van der Waals surface area contributed by atoms with Crippen LogP contribution in [0.5, 0.6) is 5.75 Å². The first-order chi connectivity index (χ1) is 8.74. The molecule has 0 aliphatic heterocycles. The van der Waals surface area contributed by atoms with Crippen LogP contribution in [-0.4, -0.2) is 17.7 Å². The van der Waals surface area contributed by atoms with Crippen molar-refractivity contribution in [3.05, 3.63) is 54.6 Å². The highest BCUT2D eigenvalue weighted by Crippen LogP contribution is 2.30. The summed E-state index contributed by atoms with van der Waals surface area (Å²) in [7, 11) is 0. The number of rotatable bonds is 5. The van der Waals surface area contributed by atoms with E-state index >= 15 is 0 Å². The molecule has 0 saturated heterocycles. The summed E-state index contributed by atoms with van der Waals surface area (Å²) in [4.78, 5) is 11.2. The van der Waals surface area contributed by atoms with Gasteiger partial charge in [-0.1, -0.05) is 36.4 Å². The molecule has 0 aromatic heterocycles. The summed E-state index contributed by atoms with van der Waals surface area (Å²) in [6, 6.07) is 10.9. The average molecular weight is 242 g/mol. The van der Waals surface area contributed by atoms with Crippen molar-refractivity contribution < 1.29 is 14.6 Å². The van der Waals surface area contributed by atoms with E-state index in [2.05, 4.69) is 6.58 Å². The molecule has 2 aromatic carbocycles. The SMILES string of the molecule is C=CCCOc1c(C(=O)O)ccc2ccccc12. The van der Waals surface area contributed by atoms with Gasteiger partial charge in [0.1, 0.15) is 11.3 Å². The number of carboxylic acid groups (broad SMARTS) is 1. The van der Waals surface area contributed by atoms with E-state index in [9.17, 15) is 9.90 Å². The van der Waals surface area contributed by atoms with E-state index in [1.165, 1.54) is 0 Å². The van der Waals surface area contributed by atoms with E-state index < -0.39 is 5.97 Å². The van der Waals surface area contributed by atoms with Crippen molar-refractivity contribution in [1.82, 2.24) is 0 Å². The summed E-state index contributed by atoms with van der Waals surface area (Å²) in [5, 5.41) is 11.0. The molecular formula is C15H14O3. The van der Waals surface area contributed by atoms with Crippen molar-refractivity contribution in [3.8, 4) is 5.75 Å². The van der Waals surface area contributed by atoms with Crippen LogP contribution in [0.4, 0.5) is 0 Å². The van der Waals surface area contributed by atoms with Gasteiger partial charge in [0.15, 0.2) is 0 Å². The molecule has 0 heterocycles. The third-order valence-corrected chi connectivity index (χ3v) is 2.68. The lowest BCUT2D eigenvalue weighted by Gasteiger charge is -2.11. The zero-order chi connectivity index (χ0) is 13.0. The maximum Gasteiger partial charge on any atom is 0.339 e. The molecule has 2 rings (SSSR count). The molecule has 18 heavy (non-hydrogen) atoms. The van der Waals surface area contributed by atoms with Gasteiger partial charge in [0.2, 0.25) is 0 Å². The van der Waals surface area contributed by atoms with Crippen LogP contribution in [0.1, 0.15) is 16.8 Å². The first-order valence-corrected chi connectivity index (χ1v) is 5.73. The Morgan fingerprint density at radius 3 is 2.78 bits per heavy atom. The first-order valence-electron chi connectivity index (χ1n) is 5.73. The second kappa shape index (κ2) is 5.36. The average Bonchev–Trinajstić information content (AvgIpc) is 2.38. The van der Waals surface area contributed by atoms with Gasteiger partial charge in [0.05, 0.1) is 6.61 Å². The van der Waals surface area contributed by atoms with Gasteiger partial charge in [0.25, 0.3) is 0 Å². The van der Waals surface area contributed by atoms with Crippen LogP contribution in [0.3, 0.4) is 0 Å². The summed E-state index contributed by atoms with van der Waals surface area (Å²) in [6.07, 6.45) is 2.42. The summed E-state index contributed by atoms with van der Waals surface area (Å²) < 4.78 is 5.60. The fraction of sp³-hybridized carbons (Fsp3) is 0.133. The fourth-order valence-corrected chi connectivity index (χ4v) is 1.81. The third-order valence-electron chi connectivity index (χ3n) is 2.68. The summed E-state index contributed by atoms with van der Waals surface area (Å²) >= 11 is 0. The lowest BCUT2D eigenvalue weighted by molar-refractivity contribution is 0.0692. The normalized spacial score (nSPS) is 10.2. The third kappa shape index (κ3) is 2.35. The van der Waals surface area contributed by atoms with Crippen LogP contribution >= 0.6 is 0 Å². The highest BCUT2D eigenvalue weighted by Gasteiger charge is 2.14. The number of carbonyl (C=O) groups is 1. The Morgan fingerprint density at radius 2 is 2.06 bits per heavy atom. The van der Waals surface area contributed by atoms with E-state index in [4.69, 9.17) is 4.74 Å². The van der Waals surface area contributed by atoms with Crippen molar-refractivity contribution in [2.45, 2.75) is 6.42 Å². The molecule has 0 atom stereocenters. The quantitative estimate of drug-likeness (QED) is 0.644. The van der Waals surface area contributed by atoms with Crippen LogP contribution in [0.2, 0.25) is 0 Å². The minimum absolute atomic E-state index is 0.192. The van der Waals surface area contributed by atoms with Gasteiger partial charge < -0.3 is 9.84 Å². The van der Waals surface area contributed by atoms with Gasteiger partial charge in [-0.05, 0) is 17.9 Å². The molecule has 0 saturated carbocycles. The highest BCUT2D eigenvalue weighted by atomic mass is 16.5. The molecule has 1 N–H and O–H groups in total. The molecule has 0 fully saturated rings. The summed E-state index contributed by atoms with van der Waals surface area (Å²) in [5.74, 6) is -0.545. The van der Waals surface area contributed by atoms with Crippen LogP contribution in [0, 0.1) is 0 Å². The molecule has 0 aliphatic carbocycles. The lowest BCUT2D eigenvalue weighted by Crippen LogP contribution is -2.04. The topological polar surface area (TPSA) is 46.5 Å². The number of carboxylic acids is 1. The summed E-state index contributed by atoms with van der Waals surface area (Å²) in [5.41, 5.74) is 0.192. The smallest absolute Gasteiger partial charge is 0.339 e. The second-order valence-electron chi connectivity index (χ2n) is 3.89. The van der Waals surface area contributed by atoms with E-state index in [0.717, 1.165) is 10.8 Å². The van der Waals surface area contributed by atoms with Crippen molar-refractivity contribution in [2.75, 3.05) is 6.61 Å². The molecule has 2 aromatic rings. The standard InChI is InChI=1S/C15H14O3/c1-2-3-10-18-14-12-7-5-4-6-11(12)8-9-13(14)15(16)17/h2,4-9H,1,3,10H2,(H,16,17). The Labute approximate surface area is 105 Å². The first kappa shape index (κ1) is 12.2. The van der Waals surface area contributed by atoms with Crippen LogP contribution in [0.15, 0.2) is 49.1 Å². The van der Waals surface area contributed by atoms with Gasteiger partial charge in [0, 0.05) is 5.39 Å². The molecular weight excluding hydrogens is 228 g/mol. The Bertz CT molecular complexity index is 587. The number of hydrogen-bond acceptors (Lipinski definition) is 2. The predicted molar refractivity (Wildman–Crippen MR) is 71.2 cm³/mol. The number of benzene rings is 2. The van der Waals surface area contributed by atoms with E-state index in [1.807, 2.05) is 24.3 Å². The number of hydrogen-bond donors (Lipinski definition) is 1. The van der Waals surface area contributed by atoms with Gasteiger partial charge in [-0.3, -0.25) is 0 Å². The van der Waals surface area contributed by atoms with Crippen LogP contribution < -0.4 is 4.74 Å². The van der Waals surface area contributed by atoms with Crippen molar-refractivity contribution in [3.63, 3.8) is 0 Å². The van der Waals surface area contributed by atoms with E-state index in [1.54, 1.807) is 18.2 Å². The maximum atomic E-state index is 11.2. The van der Waals surface area contributed by atoms with Gasteiger partial charge in [-0.25, -0.2) is 4.79 Å².